The number of nitrogens with one attached hydrogen (secondary N) is 1. The zero-order valence-electron chi connectivity index (χ0n) is 13.7. The molecule has 1 unspecified atom stereocenters. The molecule has 1 atom stereocenters. The summed E-state index contributed by atoms with van der Waals surface area (Å²) in [5.74, 6) is -0.295. The number of carbonyl (C=O) groups is 1. The van der Waals surface area contributed by atoms with Crippen LogP contribution in [-0.2, 0) is 14.8 Å². The van der Waals surface area contributed by atoms with E-state index >= 15 is 0 Å². The van der Waals surface area contributed by atoms with E-state index in [1.165, 1.54) is 10.4 Å². The van der Waals surface area contributed by atoms with Crippen LogP contribution in [0.15, 0.2) is 40.6 Å². The summed E-state index contributed by atoms with van der Waals surface area (Å²) in [7, 11) is -3.73. The van der Waals surface area contributed by atoms with Gasteiger partial charge in [-0.15, -0.1) is 11.3 Å². The zero-order chi connectivity index (χ0) is 18.0. The minimum atomic E-state index is -3.73. The van der Waals surface area contributed by atoms with E-state index in [0.717, 1.165) is 29.7 Å². The molecule has 1 N–H and O–H groups in total. The standard InChI is InChI=1S/C17H19ClN2O3S2/c1-12-5-4-6-13(11-12)19-17(21)14-7-2-3-10-20(14)25(22,23)16-9-8-15(18)24-16/h4-6,8-9,11,14H,2-3,7,10H2,1H3,(H,19,21). The number of hydrogen-bond donors (Lipinski definition) is 1. The molecule has 0 spiro atoms. The number of hydrogen-bond acceptors (Lipinski definition) is 4. The van der Waals surface area contributed by atoms with Crippen molar-refractivity contribution >= 4 is 44.6 Å². The summed E-state index contributed by atoms with van der Waals surface area (Å²) < 4.78 is 27.7. The maximum absolute atomic E-state index is 12.9. The van der Waals surface area contributed by atoms with Crippen LogP contribution in [0.25, 0.3) is 0 Å². The van der Waals surface area contributed by atoms with Crippen LogP contribution in [0, 0.1) is 6.92 Å². The molecule has 1 aromatic carbocycles. The third-order valence-corrected chi connectivity index (χ3v) is 7.76. The van der Waals surface area contributed by atoms with Gasteiger partial charge in [0.05, 0.1) is 4.34 Å². The second kappa shape index (κ2) is 7.45. The zero-order valence-corrected chi connectivity index (χ0v) is 16.1. The van der Waals surface area contributed by atoms with Gasteiger partial charge in [0.25, 0.3) is 10.0 Å². The summed E-state index contributed by atoms with van der Waals surface area (Å²) in [6, 6.07) is 9.79. The predicted molar refractivity (Wildman–Crippen MR) is 101 cm³/mol. The average molecular weight is 399 g/mol. The van der Waals surface area contributed by atoms with Gasteiger partial charge in [-0.3, -0.25) is 4.79 Å². The Balaban J connectivity index is 1.84. The van der Waals surface area contributed by atoms with Crippen LogP contribution < -0.4 is 5.32 Å². The number of rotatable bonds is 4. The SMILES string of the molecule is Cc1cccc(NC(=O)C2CCCCN2S(=O)(=O)c2ccc(Cl)s2)c1. The number of piperidine rings is 1. The molecule has 134 valence electrons. The quantitative estimate of drug-likeness (QED) is 0.849. The number of carbonyl (C=O) groups excluding carboxylic acids is 1. The van der Waals surface area contributed by atoms with Crippen molar-refractivity contribution in [1.29, 1.82) is 0 Å². The molecule has 1 fully saturated rings. The molecular weight excluding hydrogens is 380 g/mol. The highest BCUT2D eigenvalue weighted by Crippen LogP contribution is 2.32. The van der Waals surface area contributed by atoms with Crippen LogP contribution in [0.5, 0.6) is 0 Å². The number of nitrogens with zero attached hydrogens (tertiary/aromatic N) is 1. The first-order valence-electron chi connectivity index (χ1n) is 8.02. The molecule has 8 heteroatoms. The summed E-state index contributed by atoms with van der Waals surface area (Å²) in [6.45, 7) is 2.28. The van der Waals surface area contributed by atoms with Crippen molar-refractivity contribution < 1.29 is 13.2 Å². The normalized spacial score (nSPS) is 18.9. The Morgan fingerprint density at radius 1 is 1.28 bits per heavy atom. The fourth-order valence-electron chi connectivity index (χ4n) is 2.96. The topological polar surface area (TPSA) is 66.5 Å². The van der Waals surface area contributed by atoms with Gasteiger partial charge in [0.1, 0.15) is 10.3 Å². The minimum Gasteiger partial charge on any atom is -0.325 e. The Kier molecular flexibility index (Phi) is 5.48. The Morgan fingerprint density at radius 2 is 2.08 bits per heavy atom. The van der Waals surface area contributed by atoms with E-state index in [9.17, 15) is 13.2 Å². The number of anilines is 1. The lowest BCUT2D eigenvalue weighted by Crippen LogP contribution is -2.49. The largest absolute Gasteiger partial charge is 0.325 e. The molecule has 1 saturated heterocycles. The first-order valence-corrected chi connectivity index (χ1v) is 10.7. The molecule has 1 aliphatic heterocycles. The summed E-state index contributed by atoms with van der Waals surface area (Å²) in [6.07, 6.45) is 2.08. The second-order valence-corrected chi connectivity index (χ2v) is 9.88. The van der Waals surface area contributed by atoms with Gasteiger partial charge in [-0.1, -0.05) is 30.2 Å². The summed E-state index contributed by atoms with van der Waals surface area (Å²) in [4.78, 5) is 12.7. The third-order valence-electron chi connectivity index (χ3n) is 4.15. The van der Waals surface area contributed by atoms with E-state index in [1.54, 1.807) is 12.1 Å². The van der Waals surface area contributed by atoms with Crippen LogP contribution in [0.1, 0.15) is 24.8 Å². The molecule has 0 bridgehead atoms. The van der Waals surface area contributed by atoms with Crippen LogP contribution in [0.2, 0.25) is 4.34 Å². The van der Waals surface area contributed by atoms with Crippen molar-refractivity contribution in [1.82, 2.24) is 4.31 Å². The molecule has 3 rings (SSSR count). The van der Waals surface area contributed by atoms with Crippen LogP contribution in [0.3, 0.4) is 0 Å². The smallest absolute Gasteiger partial charge is 0.253 e. The van der Waals surface area contributed by atoms with Gasteiger partial charge in [0, 0.05) is 12.2 Å². The molecule has 0 saturated carbocycles. The van der Waals surface area contributed by atoms with Crippen molar-refractivity contribution in [3.05, 3.63) is 46.3 Å². The fourth-order valence-corrected chi connectivity index (χ4v) is 6.22. The van der Waals surface area contributed by atoms with Crippen molar-refractivity contribution in [3.8, 4) is 0 Å². The Hall–Kier alpha value is -1.41. The fraction of sp³-hybridized carbons (Fsp3) is 0.353. The summed E-state index contributed by atoms with van der Waals surface area (Å²) in [5, 5.41) is 2.84. The number of sulfonamides is 1. The molecule has 1 amide bonds. The highest BCUT2D eigenvalue weighted by atomic mass is 35.5. The van der Waals surface area contributed by atoms with Crippen LogP contribution >= 0.6 is 22.9 Å². The Morgan fingerprint density at radius 3 is 2.76 bits per heavy atom. The lowest BCUT2D eigenvalue weighted by atomic mass is 10.0. The van der Waals surface area contributed by atoms with E-state index in [1.807, 2.05) is 25.1 Å². The number of aryl methyl sites for hydroxylation is 1. The highest BCUT2D eigenvalue weighted by molar-refractivity contribution is 7.91. The number of thiophene rings is 1. The third kappa shape index (κ3) is 4.06. The van der Waals surface area contributed by atoms with Crippen molar-refractivity contribution in [2.45, 2.75) is 36.4 Å². The number of amides is 1. The molecule has 5 nitrogen and oxygen atoms in total. The molecule has 2 heterocycles. The van der Waals surface area contributed by atoms with Crippen LogP contribution in [-0.4, -0.2) is 31.2 Å². The van der Waals surface area contributed by atoms with Gasteiger partial charge < -0.3 is 5.32 Å². The van der Waals surface area contributed by atoms with Gasteiger partial charge in [0.15, 0.2) is 0 Å². The molecule has 0 aliphatic carbocycles. The van der Waals surface area contributed by atoms with Gasteiger partial charge in [-0.2, -0.15) is 4.31 Å². The predicted octanol–water partition coefficient (Wildman–Crippen LogP) is 3.89. The average Bonchev–Trinajstić information content (AvgIpc) is 3.02. The van der Waals surface area contributed by atoms with Gasteiger partial charge in [0.2, 0.25) is 5.91 Å². The van der Waals surface area contributed by atoms with Crippen molar-refractivity contribution in [2.24, 2.45) is 0 Å². The monoisotopic (exact) mass is 398 g/mol. The van der Waals surface area contributed by atoms with Gasteiger partial charge in [-0.05, 0) is 49.6 Å². The van der Waals surface area contributed by atoms with Crippen molar-refractivity contribution in [3.63, 3.8) is 0 Å². The first-order chi connectivity index (χ1) is 11.9. The Bertz CT molecular complexity index is 880. The summed E-state index contributed by atoms with van der Waals surface area (Å²) >= 11 is 6.89. The number of benzene rings is 1. The second-order valence-electron chi connectivity index (χ2n) is 6.04. The van der Waals surface area contributed by atoms with Gasteiger partial charge in [-0.25, -0.2) is 8.42 Å². The van der Waals surface area contributed by atoms with E-state index in [-0.39, 0.29) is 10.1 Å². The first kappa shape index (κ1) is 18.4. The van der Waals surface area contributed by atoms with Crippen LogP contribution in [0.4, 0.5) is 5.69 Å². The number of halogens is 1. The highest BCUT2D eigenvalue weighted by Gasteiger charge is 2.38. The van der Waals surface area contributed by atoms with E-state index in [2.05, 4.69) is 5.32 Å². The van der Waals surface area contributed by atoms with Gasteiger partial charge >= 0.3 is 0 Å². The lowest BCUT2D eigenvalue weighted by molar-refractivity contribution is -0.120. The Labute approximate surface area is 156 Å². The molecule has 1 aliphatic rings. The van der Waals surface area contributed by atoms with E-state index < -0.39 is 16.1 Å². The molecule has 25 heavy (non-hydrogen) atoms. The summed E-state index contributed by atoms with van der Waals surface area (Å²) in [5.41, 5.74) is 1.70. The molecule has 2 aromatic rings. The van der Waals surface area contributed by atoms with Crippen molar-refractivity contribution in [2.75, 3.05) is 11.9 Å². The maximum atomic E-state index is 12.9. The van der Waals surface area contributed by atoms with E-state index in [4.69, 9.17) is 11.6 Å². The molecule has 0 radical (unpaired) electrons. The molecular formula is C17H19ClN2O3S2. The maximum Gasteiger partial charge on any atom is 0.253 e. The minimum absolute atomic E-state index is 0.174. The molecule has 1 aromatic heterocycles. The lowest BCUT2D eigenvalue weighted by Gasteiger charge is -2.33. The van der Waals surface area contributed by atoms with E-state index in [0.29, 0.717) is 23.0 Å².